The zero-order valence-corrected chi connectivity index (χ0v) is 51.2. The molecule has 0 saturated heterocycles. The second kappa shape index (κ2) is 65.6. The number of rotatable bonds is 59. The maximum absolute atomic E-state index is 12.9. The van der Waals surface area contributed by atoms with Crippen LogP contribution < -0.4 is 0 Å². The number of unbranched alkanes of at least 4 members (excludes halogenated alkanes) is 30. The van der Waals surface area contributed by atoms with Crippen molar-refractivity contribution in [2.24, 2.45) is 0 Å². The molecule has 6 heteroatoms. The van der Waals surface area contributed by atoms with Crippen LogP contribution in [0, 0.1) is 0 Å². The summed E-state index contributed by atoms with van der Waals surface area (Å²) in [6, 6.07) is 0. The highest BCUT2D eigenvalue weighted by Crippen LogP contribution is 2.16. The summed E-state index contributed by atoms with van der Waals surface area (Å²) in [5.74, 6) is -0.930. The number of hydrogen-bond donors (Lipinski definition) is 0. The topological polar surface area (TPSA) is 78.9 Å². The zero-order chi connectivity index (χ0) is 56.4. The van der Waals surface area contributed by atoms with Crippen molar-refractivity contribution in [2.75, 3.05) is 13.2 Å². The van der Waals surface area contributed by atoms with Crippen molar-refractivity contribution in [1.29, 1.82) is 0 Å². The maximum Gasteiger partial charge on any atom is 0.306 e. The van der Waals surface area contributed by atoms with Crippen LogP contribution in [-0.2, 0) is 28.6 Å². The molecule has 1 unspecified atom stereocenters. The smallest absolute Gasteiger partial charge is 0.306 e. The Bertz CT molecular complexity index is 1570. The molecular weight excluding hydrogens is 961 g/mol. The van der Waals surface area contributed by atoms with Crippen LogP contribution in [0.4, 0.5) is 0 Å². The van der Waals surface area contributed by atoms with Gasteiger partial charge in [-0.3, -0.25) is 14.4 Å². The Balaban J connectivity index is 4.29. The molecule has 0 saturated carbocycles. The predicted octanol–water partition coefficient (Wildman–Crippen LogP) is 22.6. The fourth-order valence-corrected chi connectivity index (χ4v) is 9.06. The predicted molar refractivity (Wildman–Crippen MR) is 339 cm³/mol. The molecule has 1 atom stereocenters. The summed E-state index contributed by atoms with van der Waals surface area (Å²) in [6.45, 7) is 6.47. The Kier molecular flexibility index (Phi) is 62.3. The molecule has 0 spiro atoms. The number of carbonyl (C=O) groups excluding carboxylic acids is 3. The van der Waals surface area contributed by atoms with E-state index in [-0.39, 0.29) is 37.5 Å². The minimum absolute atomic E-state index is 0.0944. The van der Waals surface area contributed by atoms with Crippen LogP contribution in [0.5, 0.6) is 0 Å². The second-order valence-corrected chi connectivity index (χ2v) is 21.6. The molecule has 0 bridgehead atoms. The van der Waals surface area contributed by atoms with E-state index < -0.39 is 6.10 Å². The van der Waals surface area contributed by atoms with Crippen LogP contribution in [0.1, 0.15) is 310 Å². The molecular formula is C72H122O6. The van der Waals surface area contributed by atoms with Gasteiger partial charge in [-0.1, -0.05) is 271 Å². The van der Waals surface area contributed by atoms with E-state index in [0.29, 0.717) is 12.8 Å². The summed E-state index contributed by atoms with van der Waals surface area (Å²) in [6.07, 6.45) is 89.6. The molecule has 6 nitrogen and oxygen atoms in total. The average Bonchev–Trinajstić information content (AvgIpc) is 3.44. The Labute approximate surface area is 482 Å². The SMILES string of the molecule is CC/C=C\C/C=C\C/C=C\C/C=C\C/C=C\CCCCCC(=O)OC(COC(=O)CCCCCCC/C=C\CCCCC)COC(=O)CCCCCCCCCCCCCCCC/C=C\C/C=C\C/C=C\CCCCCCC. The summed E-state index contributed by atoms with van der Waals surface area (Å²) >= 11 is 0. The minimum Gasteiger partial charge on any atom is -0.462 e. The fourth-order valence-electron chi connectivity index (χ4n) is 9.06. The van der Waals surface area contributed by atoms with Crippen molar-refractivity contribution >= 4 is 17.9 Å². The molecule has 0 rings (SSSR count). The third kappa shape index (κ3) is 62.9. The monoisotopic (exact) mass is 1080 g/mol. The molecule has 0 aliphatic heterocycles. The Hall–Kier alpha value is -3.93. The molecule has 446 valence electrons. The average molecular weight is 1080 g/mol. The third-order valence-corrected chi connectivity index (χ3v) is 14.0. The van der Waals surface area contributed by atoms with E-state index in [0.717, 1.165) is 122 Å². The number of esters is 3. The highest BCUT2D eigenvalue weighted by atomic mass is 16.6. The van der Waals surface area contributed by atoms with Gasteiger partial charge in [0, 0.05) is 19.3 Å². The van der Waals surface area contributed by atoms with Crippen molar-refractivity contribution in [3.63, 3.8) is 0 Å². The molecule has 78 heavy (non-hydrogen) atoms. The van der Waals surface area contributed by atoms with E-state index >= 15 is 0 Å². The molecule has 0 amide bonds. The molecule has 0 N–H and O–H groups in total. The Morgan fingerprint density at radius 2 is 0.500 bits per heavy atom. The Morgan fingerprint density at radius 1 is 0.269 bits per heavy atom. The van der Waals surface area contributed by atoms with E-state index in [2.05, 4.69) is 130 Å². The van der Waals surface area contributed by atoms with E-state index in [9.17, 15) is 14.4 Å². The highest BCUT2D eigenvalue weighted by Gasteiger charge is 2.19. The van der Waals surface area contributed by atoms with Crippen molar-refractivity contribution in [3.05, 3.63) is 109 Å². The van der Waals surface area contributed by atoms with Crippen LogP contribution in [0.3, 0.4) is 0 Å². The summed E-state index contributed by atoms with van der Waals surface area (Å²) in [5, 5.41) is 0. The summed E-state index contributed by atoms with van der Waals surface area (Å²) < 4.78 is 16.9. The Morgan fingerprint density at radius 3 is 0.833 bits per heavy atom. The standard InChI is InChI=1S/C72H122O6/c1-4-7-10-13-16-19-22-25-27-29-31-32-33-34-35-36-37-38-39-40-42-43-45-47-50-53-56-59-62-65-71(74)77-68-69(67-76-70(73)64-61-58-55-52-49-24-21-18-15-12-9-6-3)78-72(75)66-63-60-57-54-51-48-46-44-41-30-28-26-23-20-17-14-11-8-5-2/h8,11,17-18,20-22,25-26,28-29,31,33-34,41,44,48,51,69H,4-7,9-10,12-16,19,23-24,27,30,32,35-40,42-43,45-47,49-50,52-68H2,1-3H3/b11-8-,20-17-,21-18-,25-22-,28-26-,31-29-,34-33-,44-41-,51-48-. The van der Waals surface area contributed by atoms with Gasteiger partial charge < -0.3 is 14.2 Å². The van der Waals surface area contributed by atoms with Crippen LogP contribution in [0.15, 0.2) is 109 Å². The number of hydrogen-bond acceptors (Lipinski definition) is 6. The lowest BCUT2D eigenvalue weighted by atomic mass is 10.0. The molecule has 0 aromatic rings. The quantitative estimate of drug-likeness (QED) is 0.0261. The summed E-state index contributed by atoms with van der Waals surface area (Å²) in [7, 11) is 0. The van der Waals surface area contributed by atoms with Crippen molar-refractivity contribution in [3.8, 4) is 0 Å². The molecule has 0 heterocycles. The molecule has 0 aromatic carbocycles. The first-order chi connectivity index (χ1) is 38.5. The van der Waals surface area contributed by atoms with Gasteiger partial charge >= 0.3 is 17.9 Å². The van der Waals surface area contributed by atoms with E-state index in [1.54, 1.807) is 0 Å². The second-order valence-electron chi connectivity index (χ2n) is 21.6. The van der Waals surface area contributed by atoms with Gasteiger partial charge in [0.15, 0.2) is 6.10 Å². The van der Waals surface area contributed by atoms with Gasteiger partial charge in [-0.05, 0) is 128 Å². The van der Waals surface area contributed by atoms with Crippen LogP contribution >= 0.6 is 0 Å². The molecule has 0 aromatic heterocycles. The van der Waals surface area contributed by atoms with E-state index in [1.165, 1.54) is 148 Å². The van der Waals surface area contributed by atoms with Gasteiger partial charge in [-0.15, -0.1) is 0 Å². The van der Waals surface area contributed by atoms with Crippen LogP contribution in [0.2, 0.25) is 0 Å². The molecule has 0 radical (unpaired) electrons. The first-order valence-corrected chi connectivity index (χ1v) is 32.9. The first-order valence-electron chi connectivity index (χ1n) is 32.9. The first kappa shape index (κ1) is 74.1. The fraction of sp³-hybridized carbons (Fsp3) is 0.708. The van der Waals surface area contributed by atoms with Gasteiger partial charge in [0.05, 0.1) is 0 Å². The molecule has 0 aliphatic rings. The maximum atomic E-state index is 12.9. The number of allylic oxidation sites excluding steroid dienone is 18. The van der Waals surface area contributed by atoms with E-state index in [4.69, 9.17) is 14.2 Å². The number of ether oxygens (including phenoxy) is 3. The van der Waals surface area contributed by atoms with Crippen molar-refractivity contribution < 1.29 is 28.6 Å². The highest BCUT2D eigenvalue weighted by molar-refractivity contribution is 5.71. The lowest BCUT2D eigenvalue weighted by Gasteiger charge is -2.18. The van der Waals surface area contributed by atoms with Gasteiger partial charge in [0.2, 0.25) is 0 Å². The van der Waals surface area contributed by atoms with Gasteiger partial charge in [0.1, 0.15) is 13.2 Å². The minimum atomic E-state index is -0.801. The third-order valence-electron chi connectivity index (χ3n) is 14.0. The number of carbonyl (C=O) groups is 3. The van der Waals surface area contributed by atoms with E-state index in [1.807, 2.05) is 0 Å². The largest absolute Gasteiger partial charge is 0.462 e. The van der Waals surface area contributed by atoms with Crippen molar-refractivity contribution in [2.45, 2.75) is 316 Å². The van der Waals surface area contributed by atoms with Crippen LogP contribution in [-0.4, -0.2) is 37.2 Å². The molecule has 0 fully saturated rings. The van der Waals surface area contributed by atoms with Crippen molar-refractivity contribution in [1.82, 2.24) is 0 Å². The lowest BCUT2D eigenvalue weighted by molar-refractivity contribution is -0.167. The lowest BCUT2D eigenvalue weighted by Crippen LogP contribution is -2.30. The van der Waals surface area contributed by atoms with Gasteiger partial charge in [0.25, 0.3) is 0 Å². The molecule has 0 aliphatic carbocycles. The van der Waals surface area contributed by atoms with Gasteiger partial charge in [-0.2, -0.15) is 0 Å². The normalized spacial score (nSPS) is 12.8. The summed E-state index contributed by atoms with van der Waals surface area (Å²) in [5.41, 5.74) is 0. The van der Waals surface area contributed by atoms with Crippen LogP contribution in [0.25, 0.3) is 0 Å². The summed E-state index contributed by atoms with van der Waals surface area (Å²) in [4.78, 5) is 38.3. The van der Waals surface area contributed by atoms with Gasteiger partial charge in [-0.25, -0.2) is 0 Å². The zero-order valence-electron chi connectivity index (χ0n) is 51.2.